The largest absolute Gasteiger partial charge is 0.356 e. The maximum absolute atomic E-state index is 11.9. The molecule has 1 N–H and O–H groups in total. The lowest BCUT2D eigenvalue weighted by Crippen LogP contribution is -2.25. The van der Waals surface area contributed by atoms with E-state index in [9.17, 15) is 4.79 Å². The van der Waals surface area contributed by atoms with E-state index in [2.05, 4.69) is 15.3 Å². The molecule has 0 saturated carbocycles. The Kier molecular flexibility index (Phi) is 5.50. The van der Waals surface area contributed by atoms with Gasteiger partial charge in [0.05, 0.1) is 21.9 Å². The lowest BCUT2D eigenvalue weighted by molar-refractivity contribution is -0.121. The summed E-state index contributed by atoms with van der Waals surface area (Å²) in [7, 11) is 0. The highest BCUT2D eigenvalue weighted by Crippen LogP contribution is 2.22. The molecule has 4 nitrogen and oxygen atoms in total. The molecule has 3 aromatic rings. The molecule has 0 aliphatic rings. The van der Waals surface area contributed by atoms with Crippen LogP contribution in [0.25, 0.3) is 11.3 Å². The number of carbonyl (C=O) groups is 1. The van der Waals surface area contributed by atoms with Gasteiger partial charge in [-0.15, -0.1) is 22.7 Å². The maximum atomic E-state index is 11.9. The second-order valence-corrected chi connectivity index (χ2v) is 6.73. The molecule has 0 spiro atoms. The first kappa shape index (κ1) is 15.8. The predicted molar refractivity (Wildman–Crippen MR) is 94.7 cm³/mol. The summed E-state index contributed by atoms with van der Waals surface area (Å²) in [4.78, 5) is 20.7. The SMILES string of the molecule is O=C(CCc1nc(-c2ccccc2)cs1)NCCc1cscn1. The van der Waals surface area contributed by atoms with Gasteiger partial charge in [-0.3, -0.25) is 4.79 Å². The van der Waals surface area contributed by atoms with Crippen LogP contribution in [0, 0.1) is 0 Å². The zero-order valence-corrected chi connectivity index (χ0v) is 14.2. The molecule has 118 valence electrons. The van der Waals surface area contributed by atoms with Crippen molar-refractivity contribution in [1.29, 1.82) is 0 Å². The third kappa shape index (κ3) is 4.71. The smallest absolute Gasteiger partial charge is 0.220 e. The fourth-order valence-corrected chi connectivity index (χ4v) is 3.57. The Hall–Kier alpha value is -2.05. The summed E-state index contributed by atoms with van der Waals surface area (Å²) >= 11 is 3.18. The number of amides is 1. The lowest BCUT2D eigenvalue weighted by atomic mass is 10.2. The van der Waals surface area contributed by atoms with E-state index in [4.69, 9.17) is 0 Å². The number of aromatic nitrogens is 2. The molecular formula is C17H17N3OS2. The molecule has 0 saturated heterocycles. The molecule has 0 atom stereocenters. The summed E-state index contributed by atoms with van der Waals surface area (Å²) < 4.78 is 0. The van der Waals surface area contributed by atoms with Crippen LogP contribution in [0.2, 0.25) is 0 Å². The summed E-state index contributed by atoms with van der Waals surface area (Å²) in [5, 5.41) is 7.98. The number of aryl methyl sites for hydroxylation is 1. The average Bonchev–Trinajstić information content (AvgIpc) is 3.25. The van der Waals surface area contributed by atoms with Gasteiger partial charge in [0.15, 0.2) is 0 Å². The Morgan fingerprint density at radius 2 is 2.00 bits per heavy atom. The van der Waals surface area contributed by atoms with Gasteiger partial charge in [-0.2, -0.15) is 0 Å². The third-order valence-corrected chi connectivity index (χ3v) is 4.92. The van der Waals surface area contributed by atoms with E-state index in [-0.39, 0.29) is 5.91 Å². The van der Waals surface area contributed by atoms with Crippen LogP contribution in [0.1, 0.15) is 17.1 Å². The molecule has 0 fully saturated rings. The molecular weight excluding hydrogens is 326 g/mol. The van der Waals surface area contributed by atoms with Crippen LogP contribution in [0.4, 0.5) is 0 Å². The van der Waals surface area contributed by atoms with Crippen molar-refractivity contribution >= 4 is 28.6 Å². The maximum Gasteiger partial charge on any atom is 0.220 e. The van der Waals surface area contributed by atoms with Crippen LogP contribution in [-0.4, -0.2) is 22.4 Å². The number of thiazole rings is 2. The lowest BCUT2D eigenvalue weighted by Gasteiger charge is -2.02. The van der Waals surface area contributed by atoms with Crippen LogP contribution in [0.5, 0.6) is 0 Å². The Balaban J connectivity index is 1.43. The summed E-state index contributed by atoms with van der Waals surface area (Å²) in [6, 6.07) is 10.1. The number of hydrogen-bond donors (Lipinski definition) is 1. The van der Waals surface area contributed by atoms with E-state index in [0.717, 1.165) is 28.4 Å². The Labute approximate surface area is 143 Å². The molecule has 0 aliphatic heterocycles. The predicted octanol–water partition coefficient (Wildman–Crippen LogP) is 3.56. The molecule has 0 aliphatic carbocycles. The molecule has 23 heavy (non-hydrogen) atoms. The van der Waals surface area contributed by atoms with Gasteiger partial charge in [-0.1, -0.05) is 30.3 Å². The van der Waals surface area contributed by atoms with Crippen molar-refractivity contribution < 1.29 is 4.79 Å². The third-order valence-electron chi connectivity index (χ3n) is 3.37. The first-order valence-corrected chi connectivity index (χ1v) is 9.27. The fourth-order valence-electron chi connectivity index (χ4n) is 2.17. The number of nitrogens with one attached hydrogen (secondary N) is 1. The second-order valence-electron chi connectivity index (χ2n) is 5.07. The zero-order chi connectivity index (χ0) is 15.9. The zero-order valence-electron chi connectivity index (χ0n) is 12.6. The van der Waals surface area contributed by atoms with Crippen molar-refractivity contribution in [3.63, 3.8) is 0 Å². The van der Waals surface area contributed by atoms with Crippen LogP contribution in [0.3, 0.4) is 0 Å². The minimum absolute atomic E-state index is 0.0664. The monoisotopic (exact) mass is 343 g/mol. The summed E-state index contributed by atoms with van der Waals surface area (Å²) in [6.45, 7) is 0.635. The van der Waals surface area contributed by atoms with Crippen molar-refractivity contribution in [2.75, 3.05) is 6.54 Å². The van der Waals surface area contributed by atoms with E-state index in [1.54, 1.807) is 22.7 Å². The average molecular weight is 343 g/mol. The van der Waals surface area contributed by atoms with Gasteiger partial charge in [0, 0.05) is 42.1 Å². The van der Waals surface area contributed by atoms with Gasteiger partial charge >= 0.3 is 0 Å². The van der Waals surface area contributed by atoms with E-state index >= 15 is 0 Å². The Morgan fingerprint density at radius 1 is 1.13 bits per heavy atom. The Bertz CT molecular complexity index is 738. The number of benzene rings is 1. The number of nitrogens with zero attached hydrogens (tertiary/aromatic N) is 2. The molecule has 0 bridgehead atoms. The van der Waals surface area contributed by atoms with E-state index in [0.29, 0.717) is 19.4 Å². The molecule has 3 rings (SSSR count). The van der Waals surface area contributed by atoms with Crippen molar-refractivity contribution in [3.8, 4) is 11.3 Å². The second kappa shape index (κ2) is 7.99. The van der Waals surface area contributed by atoms with Gasteiger partial charge in [-0.05, 0) is 0 Å². The summed E-state index contributed by atoms with van der Waals surface area (Å²) in [5.41, 5.74) is 4.93. The molecule has 0 radical (unpaired) electrons. The van der Waals surface area contributed by atoms with Gasteiger partial charge in [-0.25, -0.2) is 9.97 Å². The summed E-state index contributed by atoms with van der Waals surface area (Å²) in [6.07, 6.45) is 1.93. The summed E-state index contributed by atoms with van der Waals surface area (Å²) in [5.74, 6) is 0.0664. The van der Waals surface area contributed by atoms with Crippen LogP contribution >= 0.6 is 22.7 Å². The van der Waals surface area contributed by atoms with E-state index < -0.39 is 0 Å². The first-order chi connectivity index (χ1) is 11.3. The van der Waals surface area contributed by atoms with Crippen molar-refractivity contribution in [1.82, 2.24) is 15.3 Å². The number of hydrogen-bond acceptors (Lipinski definition) is 5. The van der Waals surface area contributed by atoms with Gasteiger partial charge < -0.3 is 5.32 Å². The minimum atomic E-state index is 0.0664. The molecule has 1 aromatic carbocycles. The van der Waals surface area contributed by atoms with Crippen LogP contribution in [0.15, 0.2) is 46.6 Å². The molecule has 6 heteroatoms. The van der Waals surface area contributed by atoms with Gasteiger partial charge in [0.25, 0.3) is 0 Å². The molecule has 0 unspecified atom stereocenters. The highest BCUT2D eigenvalue weighted by Gasteiger charge is 2.07. The van der Waals surface area contributed by atoms with Crippen molar-refractivity contribution in [3.05, 3.63) is 57.3 Å². The molecule has 2 aromatic heterocycles. The highest BCUT2D eigenvalue weighted by atomic mass is 32.1. The topological polar surface area (TPSA) is 54.9 Å². The van der Waals surface area contributed by atoms with Gasteiger partial charge in [0.2, 0.25) is 5.91 Å². The Morgan fingerprint density at radius 3 is 2.78 bits per heavy atom. The van der Waals surface area contributed by atoms with E-state index in [1.165, 1.54) is 0 Å². The van der Waals surface area contributed by atoms with Crippen LogP contribution in [-0.2, 0) is 17.6 Å². The standard InChI is InChI=1S/C17H17N3OS2/c21-16(18-9-8-14-10-22-12-19-14)6-7-17-20-15(11-23-17)13-4-2-1-3-5-13/h1-5,10-12H,6-9H2,(H,18,21). The van der Waals surface area contributed by atoms with Crippen molar-refractivity contribution in [2.45, 2.75) is 19.3 Å². The number of rotatable bonds is 7. The van der Waals surface area contributed by atoms with E-state index in [1.807, 2.05) is 46.6 Å². The number of carbonyl (C=O) groups excluding carboxylic acids is 1. The normalized spacial score (nSPS) is 10.6. The molecule has 2 heterocycles. The quantitative estimate of drug-likeness (QED) is 0.714. The first-order valence-electron chi connectivity index (χ1n) is 7.45. The minimum Gasteiger partial charge on any atom is -0.356 e. The van der Waals surface area contributed by atoms with Crippen molar-refractivity contribution in [2.24, 2.45) is 0 Å². The fraction of sp³-hybridized carbons (Fsp3) is 0.235. The van der Waals surface area contributed by atoms with Crippen LogP contribution < -0.4 is 5.32 Å². The van der Waals surface area contributed by atoms with Gasteiger partial charge in [0.1, 0.15) is 0 Å². The highest BCUT2D eigenvalue weighted by molar-refractivity contribution is 7.10. The molecule has 1 amide bonds.